The molecule has 2 aromatic rings. The smallest absolute Gasteiger partial charge is 0.261 e. The molecule has 2 rings (SSSR count). The molecule has 0 heterocycles. The van der Waals surface area contributed by atoms with Crippen molar-refractivity contribution in [2.24, 2.45) is 0 Å². The van der Waals surface area contributed by atoms with Crippen molar-refractivity contribution in [2.45, 2.75) is 96.9 Å². The first-order valence-corrected chi connectivity index (χ1v) is 21.2. The molecule has 0 saturated heterocycles. The first-order chi connectivity index (χ1) is 16.0. The van der Waals surface area contributed by atoms with Gasteiger partial charge in [-0.1, -0.05) is 122 Å². The van der Waals surface area contributed by atoms with Gasteiger partial charge in [0, 0.05) is 6.42 Å². The molecule has 0 spiro atoms. The van der Waals surface area contributed by atoms with Crippen LogP contribution in [0.3, 0.4) is 0 Å². The number of hydrogen-bond acceptors (Lipinski definition) is 2. The van der Waals surface area contributed by atoms with Crippen molar-refractivity contribution < 1.29 is 8.85 Å². The van der Waals surface area contributed by atoms with Gasteiger partial charge in [-0.15, -0.1) is 11.5 Å². The molecule has 0 aliphatic rings. The Morgan fingerprint density at radius 1 is 0.714 bits per heavy atom. The maximum absolute atomic E-state index is 7.25. The average Bonchev–Trinajstić information content (AvgIpc) is 2.72. The second kappa shape index (κ2) is 11.3. The van der Waals surface area contributed by atoms with Crippen molar-refractivity contribution in [1.82, 2.24) is 0 Å². The van der Waals surface area contributed by atoms with Gasteiger partial charge in [-0.3, -0.25) is 0 Å². The lowest BCUT2D eigenvalue weighted by atomic mass is 10.2. The molecule has 0 aliphatic carbocycles. The lowest BCUT2D eigenvalue weighted by Crippen LogP contribution is -2.67. The highest BCUT2D eigenvalue weighted by atomic mass is 28.4. The van der Waals surface area contributed by atoms with Crippen LogP contribution in [0, 0.1) is 11.5 Å². The fourth-order valence-corrected chi connectivity index (χ4v) is 10.7. The third-order valence-electron chi connectivity index (χ3n) is 6.96. The molecule has 5 heteroatoms. The fraction of sp³-hybridized carbons (Fsp3) is 0.533. The van der Waals surface area contributed by atoms with Crippen molar-refractivity contribution in [2.75, 3.05) is 6.61 Å². The van der Waals surface area contributed by atoms with Crippen molar-refractivity contribution in [3.63, 3.8) is 0 Å². The first kappa shape index (κ1) is 29.8. The van der Waals surface area contributed by atoms with E-state index in [-0.39, 0.29) is 16.2 Å². The first-order valence-electron chi connectivity index (χ1n) is 12.9. The van der Waals surface area contributed by atoms with Gasteiger partial charge >= 0.3 is 0 Å². The van der Waals surface area contributed by atoms with Crippen LogP contribution in [0.5, 0.6) is 0 Å². The Labute approximate surface area is 219 Å². The summed E-state index contributed by atoms with van der Waals surface area (Å²) in [6, 6.07) is 21.7. The van der Waals surface area contributed by atoms with Gasteiger partial charge in [0.1, 0.15) is 8.07 Å². The maximum Gasteiger partial charge on any atom is 0.261 e. The summed E-state index contributed by atoms with van der Waals surface area (Å²) in [4.78, 5) is 0. The molecule has 0 fully saturated rings. The molecule has 0 amide bonds. The third-order valence-corrected chi connectivity index (χ3v) is 17.4. The van der Waals surface area contributed by atoms with E-state index >= 15 is 0 Å². The highest BCUT2D eigenvalue weighted by Gasteiger charge is 2.50. The van der Waals surface area contributed by atoms with E-state index in [2.05, 4.69) is 146 Å². The van der Waals surface area contributed by atoms with Crippen molar-refractivity contribution in [1.29, 1.82) is 0 Å². The van der Waals surface area contributed by atoms with Crippen molar-refractivity contribution >= 4 is 35.1 Å². The molecule has 1 atom stereocenters. The number of benzene rings is 2. The Hall–Kier alpha value is -1.43. The van der Waals surface area contributed by atoms with Gasteiger partial charge in [-0.05, 0) is 33.5 Å². The molecule has 0 bridgehead atoms. The van der Waals surface area contributed by atoms with Crippen molar-refractivity contribution in [3.8, 4) is 11.5 Å². The molecule has 0 saturated carbocycles. The Bertz CT molecular complexity index is 946. The van der Waals surface area contributed by atoms with Crippen LogP contribution < -0.4 is 10.4 Å². The molecule has 0 aliphatic heterocycles. The molecule has 2 aromatic carbocycles. The summed E-state index contributed by atoms with van der Waals surface area (Å²) in [6.07, 6.45) is 0.677. The van der Waals surface area contributed by atoms with Gasteiger partial charge in [0.05, 0.1) is 12.7 Å². The van der Waals surface area contributed by atoms with Gasteiger partial charge < -0.3 is 8.85 Å². The molecule has 0 radical (unpaired) electrons. The summed E-state index contributed by atoms with van der Waals surface area (Å²) < 4.78 is 14.2. The zero-order chi connectivity index (χ0) is 26.5. The number of rotatable bonds is 8. The minimum atomic E-state index is -2.61. The molecular formula is C30H48O2Si3. The quantitative estimate of drug-likeness (QED) is 0.268. The molecule has 0 aromatic heterocycles. The second-order valence-electron chi connectivity index (χ2n) is 13.2. The van der Waals surface area contributed by atoms with Gasteiger partial charge in [-0.25, -0.2) is 0 Å². The van der Waals surface area contributed by atoms with E-state index in [1.807, 2.05) is 0 Å². The van der Waals surface area contributed by atoms with E-state index < -0.39 is 24.7 Å². The Balaban J connectivity index is 2.53. The lowest BCUT2D eigenvalue weighted by molar-refractivity contribution is 0.113. The minimum absolute atomic E-state index is 0.0404. The summed E-state index contributed by atoms with van der Waals surface area (Å²) >= 11 is 0. The van der Waals surface area contributed by atoms with Crippen LogP contribution in [0.1, 0.15) is 48.0 Å². The van der Waals surface area contributed by atoms with Crippen LogP contribution in [0.2, 0.25) is 42.8 Å². The van der Waals surface area contributed by atoms with E-state index in [1.165, 1.54) is 10.4 Å². The second-order valence-corrected chi connectivity index (χ2v) is 27.0. The van der Waals surface area contributed by atoms with E-state index in [1.54, 1.807) is 0 Å². The number of hydrogen-bond donors (Lipinski definition) is 0. The largest absolute Gasteiger partial charge is 0.411 e. The maximum atomic E-state index is 7.25. The zero-order valence-electron chi connectivity index (χ0n) is 24.1. The Morgan fingerprint density at radius 3 is 1.54 bits per heavy atom. The SMILES string of the molecule is CC(C)(C)[Si](C)(C)O[C@@H](CC#C[Si](C)(C)C)CO[Si](c1ccccc1)(c1ccccc1)C(C)(C)C. The van der Waals surface area contributed by atoms with Gasteiger partial charge in [0.15, 0.2) is 8.32 Å². The van der Waals surface area contributed by atoms with E-state index in [9.17, 15) is 0 Å². The highest BCUT2D eigenvalue weighted by Crippen LogP contribution is 2.39. The third kappa shape index (κ3) is 7.77. The molecular weight excluding hydrogens is 477 g/mol. The summed E-state index contributed by atoms with van der Waals surface area (Å²) in [5.41, 5.74) is 3.55. The van der Waals surface area contributed by atoms with E-state index in [4.69, 9.17) is 8.85 Å². The van der Waals surface area contributed by atoms with Crippen LogP contribution in [0.25, 0.3) is 0 Å². The van der Waals surface area contributed by atoms with Gasteiger partial charge in [0.25, 0.3) is 8.32 Å². The summed E-state index contributed by atoms with van der Waals surface area (Å²) in [5.74, 6) is 3.50. The van der Waals surface area contributed by atoms with Crippen LogP contribution >= 0.6 is 0 Å². The van der Waals surface area contributed by atoms with Crippen LogP contribution in [-0.4, -0.2) is 37.4 Å². The summed E-state index contributed by atoms with van der Waals surface area (Å²) in [7, 11) is -6.05. The van der Waals surface area contributed by atoms with Crippen LogP contribution in [-0.2, 0) is 8.85 Å². The fourth-order valence-electron chi connectivity index (χ4n) is 4.14. The zero-order valence-corrected chi connectivity index (χ0v) is 27.1. The van der Waals surface area contributed by atoms with Crippen molar-refractivity contribution in [3.05, 3.63) is 60.7 Å². The van der Waals surface area contributed by atoms with Gasteiger partial charge in [-0.2, -0.15) is 0 Å². The molecule has 0 N–H and O–H groups in total. The van der Waals surface area contributed by atoms with Crippen LogP contribution in [0.4, 0.5) is 0 Å². The molecule has 0 unspecified atom stereocenters. The Kier molecular flexibility index (Phi) is 9.63. The summed E-state index contributed by atoms with van der Waals surface area (Å²) in [6.45, 7) is 26.0. The normalized spacial score (nSPS) is 14.3. The predicted octanol–water partition coefficient (Wildman–Crippen LogP) is 7.22. The average molecular weight is 525 g/mol. The summed E-state index contributed by atoms with van der Waals surface area (Å²) in [5, 5.41) is 2.69. The minimum Gasteiger partial charge on any atom is -0.411 e. The standard InChI is InChI=1S/C30H48O2Si3/c1-29(2,3)34(10,11)32-26(19-18-24-33(7,8)9)25-31-35(30(4,5)6,27-20-14-12-15-21-27)28-22-16-13-17-23-28/h12-17,20-23,26H,19,25H2,1-11H3/t26-/m0/s1. The molecule has 2 nitrogen and oxygen atoms in total. The van der Waals surface area contributed by atoms with E-state index in [0.717, 1.165) is 6.42 Å². The molecule has 192 valence electrons. The molecule has 35 heavy (non-hydrogen) atoms. The monoisotopic (exact) mass is 524 g/mol. The predicted molar refractivity (Wildman–Crippen MR) is 161 cm³/mol. The highest BCUT2D eigenvalue weighted by molar-refractivity contribution is 6.99. The Morgan fingerprint density at radius 2 is 1.17 bits per heavy atom. The topological polar surface area (TPSA) is 18.5 Å². The van der Waals surface area contributed by atoms with Gasteiger partial charge in [0.2, 0.25) is 0 Å². The lowest BCUT2D eigenvalue weighted by Gasteiger charge is -2.45. The van der Waals surface area contributed by atoms with Crippen LogP contribution in [0.15, 0.2) is 60.7 Å². The van der Waals surface area contributed by atoms with E-state index in [0.29, 0.717) is 6.61 Å².